The van der Waals surface area contributed by atoms with Crippen molar-refractivity contribution in [1.29, 1.82) is 0 Å². The second-order valence-electron chi connectivity index (χ2n) is 4.84. The molecular weight excluding hydrogens is 282 g/mol. The van der Waals surface area contributed by atoms with Crippen LogP contribution in [0.15, 0.2) is 40.7 Å². The van der Waals surface area contributed by atoms with Crippen LogP contribution in [0.2, 0.25) is 0 Å². The molecule has 0 aliphatic carbocycles. The van der Waals surface area contributed by atoms with E-state index in [9.17, 15) is 0 Å². The monoisotopic (exact) mass is 303 g/mol. The highest BCUT2D eigenvalue weighted by Gasteiger charge is 2.00. The van der Waals surface area contributed by atoms with Gasteiger partial charge in [-0.2, -0.15) is 0 Å². The van der Waals surface area contributed by atoms with Gasteiger partial charge in [0.25, 0.3) is 0 Å². The van der Waals surface area contributed by atoms with Gasteiger partial charge in [0.1, 0.15) is 5.82 Å². The average Bonchev–Trinajstić information content (AvgIpc) is 2.99. The number of nitrogens with two attached hydrogens (primary N) is 1. The maximum Gasteiger partial charge on any atom is 0.188 e. The number of hydrogen-bond acceptors (Lipinski definition) is 4. The van der Waals surface area contributed by atoms with Crippen LogP contribution in [0.3, 0.4) is 0 Å². The minimum Gasteiger partial charge on any atom is -0.370 e. The van der Waals surface area contributed by atoms with Crippen molar-refractivity contribution in [2.45, 2.75) is 13.0 Å². The number of nitrogens with zero attached hydrogens (tertiary/aromatic N) is 3. The summed E-state index contributed by atoms with van der Waals surface area (Å²) in [5, 5.41) is 5.20. The maximum atomic E-state index is 5.86. The van der Waals surface area contributed by atoms with E-state index >= 15 is 0 Å². The number of guanidine groups is 1. The fourth-order valence-electron chi connectivity index (χ4n) is 1.79. The number of hydrogen-bond donors (Lipinski definition) is 2. The number of aliphatic imine (C=N–C) groups is 1. The van der Waals surface area contributed by atoms with Crippen LogP contribution in [0.4, 0.5) is 5.82 Å². The summed E-state index contributed by atoms with van der Waals surface area (Å²) in [7, 11) is 3.94. The molecule has 6 heteroatoms. The van der Waals surface area contributed by atoms with Gasteiger partial charge in [-0.3, -0.25) is 0 Å². The Morgan fingerprint density at radius 3 is 2.90 bits per heavy atom. The van der Waals surface area contributed by atoms with E-state index < -0.39 is 0 Å². The Hall–Kier alpha value is -2.08. The van der Waals surface area contributed by atoms with E-state index in [2.05, 4.69) is 32.8 Å². The molecule has 112 valence electrons. The first-order valence-electron chi connectivity index (χ1n) is 6.84. The van der Waals surface area contributed by atoms with Crippen LogP contribution in [-0.4, -0.2) is 31.6 Å². The van der Waals surface area contributed by atoms with Crippen molar-refractivity contribution in [3.63, 3.8) is 0 Å². The first-order chi connectivity index (χ1) is 10.1. The first-order valence-corrected chi connectivity index (χ1v) is 7.72. The zero-order chi connectivity index (χ0) is 15.1. The molecule has 3 N–H and O–H groups in total. The Morgan fingerprint density at radius 2 is 2.19 bits per heavy atom. The van der Waals surface area contributed by atoms with E-state index in [-0.39, 0.29) is 0 Å². The fraction of sp³-hybridized carbons (Fsp3) is 0.333. The average molecular weight is 303 g/mol. The third kappa shape index (κ3) is 5.07. The van der Waals surface area contributed by atoms with E-state index in [1.807, 2.05) is 37.2 Å². The van der Waals surface area contributed by atoms with Crippen molar-refractivity contribution in [3.8, 4) is 0 Å². The molecule has 2 heterocycles. The van der Waals surface area contributed by atoms with E-state index in [4.69, 9.17) is 5.73 Å². The van der Waals surface area contributed by atoms with Gasteiger partial charge >= 0.3 is 0 Å². The molecule has 0 bridgehead atoms. The van der Waals surface area contributed by atoms with Gasteiger partial charge in [-0.1, -0.05) is 12.1 Å². The molecule has 2 aromatic rings. The molecule has 2 rings (SSSR count). The summed E-state index contributed by atoms with van der Waals surface area (Å²) in [6, 6.07) is 10.1. The zero-order valence-corrected chi connectivity index (χ0v) is 13.2. The molecule has 2 aromatic heterocycles. The summed E-state index contributed by atoms with van der Waals surface area (Å²) in [6.07, 6.45) is 0.961. The van der Waals surface area contributed by atoms with Crippen LogP contribution in [0.25, 0.3) is 0 Å². The second-order valence-corrected chi connectivity index (χ2v) is 5.87. The number of aromatic nitrogens is 1. The molecule has 0 saturated carbocycles. The van der Waals surface area contributed by atoms with Crippen LogP contribution >= 0.6 is 11.3 Å². The lowest BCUT2D eigenvalue weighted by Crippen LogP contribution is -2.33. The molecule has 21 heavy (non-hydrogen) atoms. The molecule has 0 aromatic carbocycles. The third-order valence-electron chi connectivity index (χ3n) is 2.92. The Labute approximate surface area is 129 Å². The molecule has 0 fully saturated rings. The highest BCUT2D eigenvalue weighted by Crippen LogP contribution is 2.09. The highest BCUT2D eigenvalue weighted by molar-refractivity contribution is 7.09. The molecular formula is C15H21N5S. The zero-order valence-electron chi connectivity index (χ0n) is 12.4. The Kier molecular flexibility index (Phi) is 5.57. The van der Waals surface area contributed by atoms with Crippen LogP contribution in [-0.2, 0) is 13.0 Å². The molecule has 0 unspecified atom stereocenters. The Bertz CT molecular complexity index is 578. The lowest BCUT2D eigenvalue weighted by Gasteiger charge is -2.11. The fourth-order valence-corrected chi connectivity index (χ4v) is 2.50. The molecule has 0 spiro atoms. The number of nitrogens with one attached hydrogen (secondary N) is 1. The number of anilines is 1. The number of pyridine rings is 1. The minimum atomic E-state index is 0.462. The lowest BCUT2D eigenvalue weighted by molar-refractivity contribution is 0.852. The standard InChI is InChI=1S/C15H21N5S/c1-20(2)14-7-3-5-12(19-14)11-18-15(16)17-9-8-13-6-4-10-21-13/h3-7,10H,8-9,11H2,1-2H3,(H3,16,17,18). The molecule has 0 aliphatic heterocycles. The molecule has 0 aliphatic rings. The van der Waals surface area contributed by atoms with Crippen LogP contribution in [0, 0.1) is 0 Å². The van der Waals surface area contributed by atoms with Crippen molar-refractivity contribution in [3.05, 3.63) is 46.3 Å². The molecule has 0 atom stereocenters. The Morgan fingerprint density at radius 1 is 1.33 bits per heavy atom. The third-order valence-corrected chi connectivity index (χ3v) is 3.86. The maximum absolute atomic E-state index is 5.86. The summed E-state index contributed by atoms with van der Waals surface area (Å²) in [6.45, 7) is 1.28. The van der Waals surface area contributed by atoms with E-state index in [1.54, 1.807) is 11.3 Å². The van der Waals surface area contributed by atoms with Gasteiger partial charge in [0.05, 0.1) is 12.2 Å². The van der Waals surface area contributed by atoms with Gasteiger partial charge in [-0.05, 0) is 30.0 Å². The van der Waals surface area contributed by atoms with E-state index in [0.717, 1.165) is 24.5 Å². The predicted molar refractivity (Wildman–Crippen MR) is 89.9 cm³/mol. The summed E-state index contributed by atoms with van der Waals surface area (Å²) >= 11 is 1.75. The normalized spacial score (nSPS) is 11.4. The van der Waals surface area contributed by atoms with Crippen molar-refractivity contribution in [1.82, 2.24) is 10.3 Å². The van der Waals surface area contributed by atoms with Crippen molar-refractivity contribution in [2.75, 3.05) is 25.5 Å². The van der Waals surface area contributed by atoms with E-state index in [1.165, 1.54) is 4.88 Å². The quantitative estimate of drug-likeness (QED) is 0.631. The molecule has 0 saturated heterocycles. The first kappa shape index (κ1) is 15.3. The van der Waals surface area contributed by atoms with Gasteiger partial charge in [0.2, 0.25) is 0 Å². The largest absolute Gasteiger partial charge is 0.370 e. The molecule has 0 amide bonds. The Balaban J connectivity index is 1.81. The van der Waals surface area contributed by atoms with Gasteiger partial charge in [-0.15, -0.1) is 11.3 Å². The van der Waals surface area contributed by atoms with Gasteiger partial charge in [0.15, 0.2) is 5.96 Å². The summed E-state index contributed by atoms with van der Waals surface area (Å²) in [4.78, 5) is 12.1. The SMILES string of the molecule is CN(C)c1cccc(CN=C(N)NCCc2cccs2)n1. The summed E-state index contributed by atoms with van der Waals surface area (Å²) < 4.78 is 0. The minimum absolute atomic E-state index is 0.462. The van der Waals surface area contributed by atoms with Crippen LogP contribution in [0.1, 0.15) is 10.6 Å². The molecule has 5 nitrogen and oxygen atoms in total. The topological polar surface area (TPSA) is 66.5 Å². The van der Waals surface area contributed by atoms with Crippen molar-refractivity contribution in [2.24, 2.45) is 10.7 Å². The highest BCUT2D eigenvalue weighted by atomic mass is 32.1. The van der Waals surface area contributed by atoms with Gasteiger partial charge in [-0.25, -0.2) is 9.98 Å². The van der Waals surface area contributed by atoms with Crippen molar-refractivity contribution < 1.29 is 0 Å². The second kappa shape index (κ2) is 7.64. The number of thiophene rings is 1. The van der Waals surface area contributed by atoms with E-state index in [0.29, 0.717) is 12.5 Å². The smallest absolute Gasteiger partial charge is 0.188 e. The van der Waals surface area contributed by atoms with Gasteiger partial charge in [0, 0.05) is 25.5 Å². The van der Waals surface area contributed by atoms with Crippen molar-refractivity contribution >= 4 is 23.1 Å². The summed E-state index contributed by atoms with van der Waals surface area (Å²) in [5.41, 5.74) is 6.77. The summed E-state index contributed by atoms with van der Waals surface area (Å²) in [5.74, 6) is 1.38. The molecule has 0 radical (unpaired) electrons. The number of rotatable bonds is 6. The lowest BCUT2D eigenvalue weighted by atomic mass is 10.3. The predicted octanol–water partition coefficient (Wildman–Crippen LogP) is 1.86. The van der Waals surface area contributed by atoms with Crippen LogP contribution in [0.5, 0.6) is 0 Å². The van der Waals surface area contributed by atoms with Crippen LogP contribution < -0.4 is 16.0 Å². The van der Waals surface area contributed by atoms with Gasteiger partial charge < -0.3 is 16.0 Å².